The Morgan fingerprint density at radius 3 is 2.44 bits per heavy atom. The van der Waals surface area contributed by atoms with Crippen molar-refractivity contribution in [3.05, 3.63) is 36.4 Å². The summed E-state index contributed by atoms with van der Waals surface area (Å²) >= 11 is 1.90. The van der Waals surface area contributed by atoms with E-state index in [0.717, 1.165) is 0 Å². The first kappa shape index (κ1) is 13.8. The van der Waals surface area contributed by atoms with Crippen molar-refractivity contribution < 1.29 is 28.5 Å². The second-order valence-corrected chi connectivity index (χ2v) is 5.55. The van der Waals surface area contributed by atoms with E-state index in [-0.39, 0.29) is 24.0 Å². The first-order valence-electron chi connectivity index (χ1n) is 5.23. The van der Waals surface area contributed by atoms with Gasteiger partial charge in [-0.3, -0.25) is 0 Å². The van der Waals surface area contributed by atoms with Gasteiger partial charge < -0.3 is 24.0 Å². The van der Waals surface area contributed by atoms with Crippen LogP contribution in [0.15, 0.2) is 41.4 Å². The van der Waals surface area contributed by atoms with Gasteiger partial charge in [0.25, 0.3) is 0 Å². The van der Waals surface area contributed by atoms with Crippen molar-refractivity contribution in [1.82, 2.24) is 0 Å². The van der Waals surface area contributed by atoms with E-state index in [1.54, 1.807) is 0 Å². The Bertz CT molecular complexity index is 482. The van der Waals surface area contributed by atoms with Crippen molar-refractivity contribution in [2.75, 3.05) is 0 Å². The zero-order valence-electron chi connectivity index (χ0n) is 9.77. The van der Waals surface area contributed by atoms with Crippen molar-refractivity contribution in [3.63, 3.8) is 0 Å². The van der Waals surface area contributed by atoms with Crippen molar-refractivity contribution in [2.24, 2.45) is 7.05 Å². The van der Waals surface area contributed by atoms with Gasteiger partial charge in [0.05, 0.1) is 0 Å². The Hall–Kier alpha value is -0.290. The third-order valence-electron chi connectivity index (χ3n) is 2.39. The number of aromatic nitrogens is 1. The van der Waals surface area contributed by atoms with E-state index in [9.17, 15) is 0 Å². The molecule has 1 aromatic carbocycles. The summed E-state index contributed by atoms with van der Waals surface area (Å²) in [5, 5.41) is 3.24. The maximum Gasteiger partial charge on any atom is 0.240 e. The van der Waals surface area contributed by atoms with Crippen LogP contribution in [-0.4, -0.2) is 5.25 Å². The number of para-hydroxylation sites is 1. The zero-order valence-corrected chi connectivity index (χ0v) is 12.7. The SMILES string of the molecule is CC(C)Sc1ccc2ccccc2[n+]1C.[I-]. The summed E-state index contributed by atoms with van der Waals surface area (Å²) < 4.78 is 2.26. The van der Waals surface area contributed by atoms with Crippen LogP contribution in [0.4, 0.5) is 0 Å². The van der Waals surface area contributed by atoms with E-state index in [0.29, 0.717) is 5.25 Å². The number of pyridine rings is 1. The molecule has 0 spiro atoms. The van der Waals surface area contributed by atoms with Crippen molar-refractivity contribution in [3.8, 4) is 0 Å². The van der Waals surface area contributed by atoms with Crippen molar-refractivity contribution >= 4 is 22.7 Å². The van der Waals surface area contributed by atoms with Gasteiger partial charge in [0.15, 0.2) is 0 Å². The number of thioether (sulfide) groups is 1. The quantitative estimate of drug-likeness (QED) is 0.426. The molecule has 0 bridgehead atoms. The van der Waals surface area contributed by atoms with Gasteiger partial charge in [-0.25, -0.2) is 0 Å². The highest BCUT2D eigenvalue weighted by Gasteiger charge is 2.12. The summed E-state index contributed by atoms with van der Waals surface area (Å²) in [7, 11) is 2.13. The molecular formula is C13H16INS. The fraction of sp³-hybridized carbons (Fsp3) is 0.308. The van der Waals surface area contributed by atoms with Gasteiger partial charge in [-0.15, -0.1) is 0 Å². The summed E-state index contributed by atoms with van der Waals surface area (Å²) in [5.74, 6) is 0. The minimum Gasteiger partial charge on any atom is -1.00 e. The highest BCUT2D eigenvalue weighted by Crippen LogP contribution is 2.21. The fourth-order valence-electron chi connectivity index (χ4n) is 1.69. The van der Waals surface area contributed by atoms with Crippen molar-refractivity contribution in [1.29, 1.82) is 0 Å². The molecule has 0 radical (unpaired) electrons. The molecule has 86 valence electrons. The van der Waals surface area contributed by atoms with Gasteiger partial charge in [0.1, 0.15) is 7.05 Å². The third kappa shape index (κ3) is 2.88. The molecule has 2 aromatic rings. The molecular weight excluding hydrogens is 329 g/mol. The van der Waals surface area contributed by atoms with E-state index < -0.39 is 0 Å². The van der Waals surface area contributed by atoms with Crippen LogP contribution in [0.25, 0.3) is 10.9 Å². The molecule has 0 N–H and O–H groups in total. The van der Waals surface area contributed by atoms with Crippen LogP contribution >= 0.6 is 11.8 Å². The van der Waals surface area contributed by atoms with Crippen LogP contribution in [0.2, 0.25) is 0 Å². The first-order chi connectivity index (χ1) is 7.18. The largest absolute Gasteiger partial charge is 1.00 e. The number of nitrogens with zero attached hydrogens (tertiary/aromatic N) is 1. The van der Waals surface area contributed by atoms with E-state index in [1.165, 1.54) is 15.9 Å². The summed E-state index contributed by atoms with van der Waals surface area (Å²) in [6.07, 6.45) is 0. The van der Waals surface area contributed by atoms with Crippen LogP contribution in [-0.2, 0) is 7.05 Å². The van der Waals surface area contributed by atoms with Crippen LogP contribution in [0.1, 0.15) is 13.8 Å². The van der Waals surface area contributed by atoms with E-state index in [2.05, 4.69) is 61.9 Å². The number of hydrogen-bond donors (Lipinski definition) is 0. The zero-order chi connectivity index (χ0) is 10.8. The molecule has 0 aliphatic rings. The Morgan fingerprint density at radius 2 is 1.75 bits per heavy atom. The number of halogens is 1. The molecule has 0 amide bonds. The van der Waals surface area contributed by atoms with Crippen LogP contribution < -0.4 is 28.5 Å². The maximum atomic E-state index is 2.26. The van der Waals surface area contributed by atoms with Crippen molar-refractivity contribution in [2.45, 2.75) is 24.1 Å². The topological polar surface area (TPSA) is 3.88 Å². The van der Waals surface area contributed by atoms with Crippen LogP contribution in [0.3, 0.4) is 0 Å². The molecule has 0 atom stereocenters. The lowest BCUT2D eigenvalue weighted by molar-refractivity contribution is -0.683. The second kappa shape index (κ2) is 5.87. The summed E-state index contributed by atoms with van der Waals surface area (Å²) in [6.45, 7) is 4.44. The molecule has 0 fully saturated rings. The van der Waals surface area contributed by atoms with Gasteiger partial charge >= 0.3 is 0 Å². The highest BCUT2D eigenvalue weighted by molar-refractivity contribution is 7.99. The van der Waals surface area contributed by atoms with Gasteiger partial charge in [-0.2, -0.15) is 4.57 Å². The summed E-state index contributed by atoms with van der Waals surface area (Å²) in [5.41, 5.74) is 1.29. The Kier molecular flexibility index (Phi) is 5.05. The van der Waals surface area contributed by atoms with Gasteiger partial charge in [-0.1, -0.05) is 37.7 Å². The highest BCUT2D eigenvalue weighted by atomic mass is 127. The smallest absolute Gasteiger partial charge is 0.240 e. The molecule has 2 rings (SSSR count). The minimum absolute atomic E-state index is 0. The third-order valence-corrected chi connectivity index (χ3v) is 3.51. The number of benzene rings is 1. The minimum atomic E-state index is 0. The average molecular weight is 345 g/mol. The number of rotatable bonds is 2. The predicted molar refractivity (Wildman–Crippen MR) is 66.1 cm³/mol. The van der Waals surface area contributed by atoms with Gasteiger partial charge in [0.2, 0.25) is 10.5 Å². The second-order valence-electron chi connectivity index (χ2n) is 3.96. The molecule has 0 saturated heterocycles. The molecule has 1 aromatic heterocycles. The Morgan fingerprint density at radius 1 is 1.06 bits per heavy atom. The number of hydrogen-bond acceptors (Lipinski definition) is 1. The lowest BCUT2D eigenvalue weighted by Gasteiger charge is -2.04. The maximum absolute atomic E-state index is 2.26. The van der Waals surface area contributed by atoms with Crippen LogP contribution in [0.5, 0.6) is 0 Å². The molecule has 0 aliphatic heterocycles. The number of fused-ring (bicyclic) bond motifs is 1. The summed E-state index contributed by atoms with van der Waals surface area (Å²) in [6, 6.07) is 12.9. The van der Waals surface area contributed by atoms with E-state index >= 15 is 0 Å². The molecule has 1 nitrogen and oxygen atoms in total. The number of aryl methyl sites for hydroxylation is 1. The molecule has 0 saturated carbocycles. The average Bonchev–Trinajstić information content (AvgIpc) is 2.22. The first-order valence-corrected chi connectivity index (χ1v) is 6.11. The van der Waals surface area contributed by atoms with E-state index in [1.807, 2.05) is 11.8 Å². The normalized spacial score (nSPS) is 10.5. The monoisotopic (exact) mass is 345 g/mol. The molecule has 1 heterocycles. The lowest BCUT2D eigenvalue weighted by Crippen LogP contribution is -3.00. The predicted octanol–water partition coefficient (Wildman–Crippen LogP) is 0.169. The van der Waals surface area contributed by atoms with Gasteiger partial charge in [-0.05, 0) is 12.1 Å². The Balaban J connectivity index is 0.00000128. The summed E-state index contributed by atoms with van der Waals surface area (Å²) in [4.78, 5) is 0. The lowest BCUT2D eigenvalue weighted by atomic mass is 10.2. The standard InChI is InChI=1S/C13H16NS.HI/c1-10(2)15-13-9-8-11-6-4-5-7-12(11)14(13)3;/h4-10H,1-3H3;1H/q+1;/p-1. The Labute approximate surface area is 118 Å². The molecule has 16 heavy (non-hydrogen) atoms. The van der Waals surface area contributed by atoms with E-state index in [4.69, 9.17) is 0 Å². The fourth-order valence-corrected chi connectivity index (χ4v) is 2.57. The van der Waals surface area contributed by atoms with Crippen LogP contribution in [0, 0.1) is 0 Å². The van der Waals surface area contributed by atoms with Gasteiger partial charge in [0, 0.05) is 22.8 Å². The molecule has 3 heteroatoms. The molecule has 0 aliphatic carbocycles. The molecule has 0 unspecified atom stereocenters.